The normalized spacial score (nSPS) is 18.7. The van der Waals surface area contributed by atoms with Gasteiger partial charge in [0, 0.05) is 26.7 Å². The summed E-state index contributed by atoms with van der Waals surface area (Å²) in [5.41, 5.74) is 5.37. The Kier molecular flexibility index (Phi) is 3.88. The second-order valence-corrected chi connectivity index (χ2v) is 3.52. The molecule has 0 aromatic rings. The number of amides is 2. The fourth-order valence-corrected chi connectivity index (χ4v) is 1.41. The Bertz CT molecular complexity index is 230. The molecular weight excluding hydrogens is 182 g/mol. The van der Waals surface area contributed by atoms with Crippen molar-refractivity contribution in [1.29, 1.82) is 0 Å². The van der Waals surface area contributed by atoms with Crippen LogP contribution in [0.15, 0.2) is 0 Å². The molecule has 2 N–H and O–H groups in total. The molecule has 0 radical (unpaired) electrons. The van der Waals surface area contributed by atoms with Crippen LogP contribution >= 0.6 is 0 Å². The smallest absolute Gasteiger partial charge is 0.232 e. The third kappa shape index (κ3) is 2.70. The van der Waals surface area contributed by atoms with Crippen LogP contribution in [0.5, 0.6) is 0 Å². The van der Waals surface area contributed by atoms with Gasteiger partial charge in [-0.25, -0.2) is 0 Å². The number of nitrogens with zero attached hydrogens (tertiary/aromatic N) is 2. The number of carbonyl (C=O) groups is 2. The van der Waals surface area contributed by atoms with Crippen LogP contribution in [0.1, 0.15) is 12.8 Å². The van der Waals surface area contributed by atoms with Gasteiger partial charge in [0.25, 0.3) is 0 Å². The second kappa shape index (κ2) is 4.95. The van der Waals surface area contributed by atoms with Gasteiger partial charge in [-0.2, -0.15) is 0 Å². The summed E-state index contributed by atoms with van der Waals surface area (Å²) in [5.74, 6) is -0.168. The van der Waals surface area contributed by atoms with Gasteiger partial charge in [-0.3, -0.25) is 9.59 Å². The minimum atomic E-state index is -0.0924. The summed E-state index contributed by atoms with van der Waals surface area (Å²) >= 11 is 0. The van der Waals surface area contributed by atoms with Crippen molar-refractivity contribution >= 4 is 11.8 Å². The first-order valence-corrected chi connectivity index (χ1v) is 4.87. The number of carbonyl (C=O) groups excluding carboxylic acids is 2. The molecule has 2 amide bonds. The third-order valence-electron chi connectivity index (χ3n) is 2.42. The number of hydrogen-bond donors (Lipinski definition) is 1. The molecule has 0 spiro atoms. The van der Waals surface area contributed by atoms with E-state index in [2.05, 4.69) is 0 Å². The molecule has 5 heteroatoms. The van der Waals surface area contributed by atoms with Gasteiger partial charge in [0.15, 0.2) is 0 Å². The Hall–Kier alpha value is -1.10. The Morgan fingerprint density at radius 1 is 1.29 bits per heavy atom. The lowest BCUT2D eigenvalue weighted by Gasteiger charge is -2.19. The first kappa shape index (κ1) is 11.0. The molecular formula is C9H17N3O2. The zero-order valence-corrected chi connectivity index (χ0v) is 8.53. The summed E-state index contributed by atoms with van der Waals surface area (Å²) in [5, 5.41) is 0. The van der Waals surface area contributed by atoms with E-state index in [4.69, 9.17) is 5.73 Å². The molecule has 0 unspecified atom stereocenters. The summed E-state index contributed by atoms with van der Waals surface area (Å²) in [6, 6.07) is 0. The van der Waals surface area contributed by atoms with Gasteiger partial charge in [-0.15, -0.1) is 0 Å². The van der Waals surface area contributed by atoms with Crippen molar-refractivity contribution in [1.82, 2.24) is 9.80 Å². The van der Waals surface area contributed by atoms with E-state index in [1.165, 1.54) is 0 Å². The van der Waals surface area contributed by atoms with E-state index in [9.17, 15) is 9.59 Å². The van der Waals surface area contributed by atoms with Crippen LogP contribution in [-0.2, 0) is 9.59 Å². The summed E-state index contributed by atoms with van der Waals surface area (Å²) < 4.78 is 0. The maximum absolute atomic E-state index is 11.5. The van der Waals surface area contributed by atoms with E-state index in [0.717, 1.165) is 6.42 Å². The highest BCUT2D eigenvalue weighted by atomic mass is 16.2. The standard InChI is InChI=1S/C9H17N3O2/c1-11-5-6-12(4-2-3-10)9(14)7-8(11)13/h2-7,10H2,1H3. The molecule has 1 aliphatic heterocycles. The molecule has 0 aromatic heterocycles. The van der Waals surface area contributed by atoms with Crippen LogP contribution in [0.4, 0.5) is 0 Å². The molecule has 0 aliphatic carbocycles. The first-order valence-electron chi connectivity index (χ1n) is 4.87. The van der Waals surface area contributed by atoms with Crippen molar-refractivity contribution in [2.24, 2.45) is 5.73 Å². The number of hydrogen-bond acceptors (Lipinski definition) is 3. The van der Waals surface area contributed by atoms with Gasteiger partial charge >= 0.3 is 0 Å². The first-order chi connectivity index (χ1) is 6.65. The quantitative estimate of drug-likeness (QED) is 0.594. The monoisotopic (exact) mass is 199 g/mol. The van der Waals surface area contributed by atoms with Crippen LogP contribution in [0.2, 0.25) is 0 Å². The maximum atomic E-state index is 11.5. The lowest BCUT2D eigenvalue weighted by atomic mass is 10.3. The van der Waals surface area contributed by atoms with E-state index in [0.29, 0.717) is 26.2 Å². The van der Waals surface area contributed by atoms with Gasteiger partial charge in [0.1, 0.15) is 6.42 Å². The van der Waals surface area contributed by atoms with Crippen molar-refractivity contribution in [2.45, 2.75) is 12.8 Å². The molecule has 80 valence electrons. The van der Waals surface area contributed by atoms with Gasteiger partial charge in [0.05, 0.1) is 0 Å². The van der Waals surface area contributed by atoms with Gasteiger partial charge < -0.3 is 15.5 Å². The lowest BCUT2D eigenvalue weighted by molar-refractivity contribution is -0.136. The second-order valence-electron chi connectivity index (χ2n) is 3.52. The Morgan fingerprint density at radius 2 is 2.00 bits per heavy atom. The Balaban J connectivity index is 2.52. The van der Waals surface area contributed by atoms with Crippen LogP contribution in [0.25, 0.3) is 0 Å². The van der Waals surface area contributed by atoms with Crippen LogP contribution < -0.4 is 5.73 Å². The fourth-order valence-electron chi connectivity index (χ4n) is 1.41. The highest BCUT2D eigenvalue weighted by Gasteiger charge is 2.23. The molecule has 0 saturated carbocycles. The molecule has 0 bridgehead atoms. The maximum Gasteiger partial charge on any atom is 0.232 e. The molecule has 1 rings (SSSR count). The summed E-state index contributed by atoms with van der Waals surface area (Å²) in [6.45, 7) is 2.49. The zero-order chi connectivity index (χ0) is 10.6. The zero-order valence-electron chi connectivity index (χ0n) is 8.53. The van der Waals surface area contributed by atoms with Crippen LogP contribution in [0.3, 0.4) is 0 Å². The summed E-state index contributed by atoms with van der Waals surface area (Å²) in [4.78, 5) is 26.1. The molecule has 14 heavy (non-hydrogen) atoms. The SMILES string of the molecule is CN1CCN(CCCN)C(=O)CC1=O. The van der Waals surface area contributed by atoms with E-state index in [1.54, 1.807) is 16.8 Å². The predicted molar refractivity (Wildman–Crippen MR) is 52.5 cm³/mol. The van der Waals surface area contributed by atoms with Crippen molar-refractivity contribution < 1.29 is 9.59 Å². The number of rotatable bonds is 3. The summed E-state index contributed by atoms with van der Waals surface area (Å²) in [6.07, 6.45) is 0.796. The van der Waals surface area contributed by atoms with Crippen LogP contribution in [-0.4, -0.2) is 54.8 Å². The van der Waals surface area contributed by atoms with Crippen molar-refractivity contribution in [3.05, 3.63) is 0 Å². The highest BCUT2D eigenvalue weighted by Crippen LogP contribution is 2.04. The minimum Gasteiger partial charge on any atom is -0.344 e. The Morgan fingerprint density at radius 3 is 2.64 bits per heavy atom. The molecule has 1 aliphatic rings. The Labute approximate surface area is 83.8 Å². The highest BCUT2D eigenvalue weighted by molar-refractivity contribution is 5.97. The van der Waals surface area contributed by atoms with Gasteiger partial charge in [-0.05, 0) is 13.0 Å². The van der Waals surface area contributed by atoms with E-state index in [-0.39, 0.29) is 18.2 Å². The summed E-state index contributed by atoms with van der Waals surface area (Å²) in [7, 11) is 1.72. The number of likely N-dealkylation sites (N-methyl/N-ethyl adjacent to an activating group) is 1. The topological polar surface area (TPSA) is 66.6 Å². The predicted octanol–water partition coefficient (Wildman–Crippen LogP) is -0.974. The van der Waals surface area contributed by atoms with Crippen molar-refractivity contribution in [3.63, 3.8) is 0 Å². The van der Waals surface area contributed by atoms with Crippen LogP contribution in [0, 0.1) is 0 Å². The molecule has 5 nitrogen and oxygen atoms in total. The minimum absolute atomic E-state index is 0.00106. The van der Waals surface area contributed by atoms with E-state index < -0.39 is 0 Å². The van der Waals surface area contributed by atoms with Gasteiger partial charge in [0.2, 0.25) is 11.8 Å². The van der Waals surface area contributed by atoms with Crippen molar-refractivity contribution in [3.8, 4) is 0 Å². The van der Waals surface area contributed by atoms with E-state index >= 15 is 0 Å². The molecule has 1 fully saturated rings. The molecule has 1 heterocycles. The third-order valence-corrected chi connectivity index (χ3v) is 2.42. The van der Waals surface area contributed by atoms with Gasteiger partial charge in [-0.1, -0.05) is 0 Å². The average Bonchev–Trinajstić information content (AvgIpc) is 2.26. The lowest BCUT2D eigenvalue weighted by Crippen LogP contribution is -2.34. The van der Waals surface area contributed by atoms with Crippen molar-refractivity contribution in [2.75, 3.05) is 33.2 Å². The van der Waals surface area contributed by atoms with E-state index in [1.807, 2.05) is 0 Å². The number of nitrogens with two attached hydrogens (primary N) is 1. The molecule has 0 aromatic carbocycles. The largest absolute Gasteiger partial charge is 0.344 e. The molecule has 1 saturated heterocycles. The average molecular weight is 199 g/mol. The molecule has 0 atom stereocenters. The fraction of sp³-hybridized carbons (Fsp3) is 0.778.